The number of carbonyl (C=O) groups excluding carboxylic acids is 1. The van der Waals surface area contributed by atoms with Crippen molar-refractivity contribution in [3.05, 3.63) is 60.2 Å². The molecule has 0 unspecified atom stereocenters. The zero-order valence-corrected chi connectivity index (χ0v) is 15.5. The maximum atomic E-state index is 12.8. The Morgan fingerprint density at radius 2 is 1.96 bits per heavy atom. The Morgan fingerprint density at radius 3 is 2.58 bits per heavy atom. The van der Waals surface area contributed by atoms with E-state index >= 15 is 0 Å². The fourth-order valence-corrected chi connectivity index (χ4v) is 1.81. The summed E-state index contributed by atoms with van der Waals surface area (Å²) < 4.78 is 12.8. The maximum absolute atomic E-state index is 12.8. The van der Waals surface area contributed by atoms with Gasteiger partial charge in [0, 0.05) is 19.8 Å². The number of guanidine groups is 1. The van der Waals surface area contributed by atoms with E-state index in [0.29, 0.717) is 18.2 Å². The molecule has 2 rings (SSSR count). The van der Waals surface area contributed by atoms with Gasteiger partial charge in [-0.05, 0) is 29.8 Å². The second-order valence-electron chi connectivity index (χ2n) is 4.70. The molecule has 0 aliphatic rings. The first kappa shape index (κ1) is 19.8. The average molecular weight is 443 g/mol. The van der Waals surface area contributed by atoms with Gasteiger partial charge in [-0.3, -0.25) is 14.8 Å². The number of hydrogen-bond acceptors (Lipinski definition) is 3. The highest BCUT2D eigenvalue weighted by molar-refractivity contribution is 14.0. The van der Waals surface area contributed by atoms with Gasteiger partial charge >= 0.3 is 0 Å². The van der Waals surface area contributed by atoms with Crippen LogP contribution in [0, 0.1) is 5.82 Å². The van der Waals surface area contributed by atoms with Gasteiger partial charge in [0.2, 0.25) is 5.91 Å². The SMILES string of the molecule is CN=C(NCC(=O)Nc1cccnc1)NCc1ccc(F)cc1.I. The predicted octanol–water partition coefficient (Wildman–Crippen LogP) is 2.14. The van der Waals surface area contributed by atoms with Crippen LogP contribution in [-0.4, -0.2) is 30.4 Å². The van der Waals surface area contributed by atoms with E-state index in [1.807, 2.05) is 0 Å². The molecule has 1 heterocycles. The zero-order valence-electron chi connectivity index (χ0n) is 13.1. The van der Waals surface area contributed by atoms with Crippen LogP contribution in [0.4, 0.5) is 10.1 Å². The molecule has 0 aliphatic heterocycles. The fraction of sp³-hybridized carbons (Fsp3) is 0.188. The number of nitrogens with zero attached hydrogens (tertiary/aromatic N) is 2. The minimum Gasteiger partial charge on any atom is -0.352 e. The quantitative estimate of drug-likeness (QED) is 0.376. The molecule has 3 N–H and O–H groups in total. The molecule has 1 aromatic carbocycles. The summed E-state index contributed by atoms with van der Waals surface area (Å²) in [5, 5.41) is 8.66. The largest absolute Gasteiger partial charge is 0.352 e. The summed E-state index contributed by atoms with van der Waals surface area (Å²) in [5.74, 6) is 0.00160. The average Bonchev–Trinajstić information content (AvgIpc) is 2.57. The van der Waals surface area contributed by atoms with Crippen LogP contribution in [0.2, 0.25) is 0 Å². The summed E-state index contributed by atoms with van der Waals surface area (Å²) in [6, 6.07) is 9.66. The van der Waals surface area contributed by atoms with Crippen LogP contribution in [0.15, 0.2) is 53.8 Å². The van der Waals surface area contributed by atoms with E-state index in [0.717, 1.165) is 5.56 Å². The summed E-state index contributed by atoms with van der Waals surface area (Å²) in [6.07, 6.45) is 3.20. The third kappa shape index (κ3) is 6.90. The molecule has 0 bridgehead atoms. The van der Waals surface area contributed by atoms with Crippen LogP contribution in [0.1, 0.15) is 5.56 Å². The minimum absolute atomic E-state index is 0. The van der Waals surface area contributed by atoms with Gasteiger partial charge in [-0.25, -0.2) is 4.39 Å². The lowest BCUT2D eigenvalue weighted by atomic mass is 10.2. The van der Waals surface area contributed by atoms with Crippen molar-refractivity contribution in [3.8, 4) is 0 Å². The molecule has 0 saturated heterocycles. The first-order chi connectivity index (χ1) is 11.2. The monoisotopic (exact) mass is 443 g/mol. The number of pyridine rings is 1. The van der Waals surface area contributed by atoms with Crippen molar-refractivity contribution in [1.82, 2.24) is 15.6 Å². The van der Waals surface area contributed by atoms with Crippen LogP contribution < -0.4 is 16.0 Å². The number of rotatable bonds is 5. The first-order valence-corrected chi connectivity index (χ1v) is 7.06. The third-order valence-corrected chi connectivity index (χ3v) is 2.96. The first-order valence-electron chi connectivity index (χ1n) is 7.06. The Morgan fingerprint density at radius 1 is 1.21 bits per heavy atom. The number of halogens is 2. The highest BCUT2D eigenvalue weighted by atomic mass is 127. The van der Waals surface area contributed by atoms with Gasteiger partial charge in [0.25, 0.3) is 0 Å². The van der Waals surface area contributed by atoms with Crippen molar-refractivity contribution < 1.29 is 9.18 Å². The molecule has 1 aromatic heterocycles. The van der Waals surface area contributed by atoms with Gasteiger partial charge in [0.05, 0.1) is 18.4 Å². The molecule has 0 aliphatic carbocycles. The lowest BCUT2D eigenvalue weighted by Gasteiger charge is -2.12. The van der Waals surface area contributed by atoms with Crippen LogP contribution >= 0.6 is 24.0 Å². The number of aromatic nitrogens is 1. The number of aliphatic imine (C=N–C) groups is 1. The van der Waals surface area contributed by atoms with Crippen LogP contribution in [-0.2, 0) is 11.3 Å². The summed E-state index contributed by atoms with van der Waals surface area (Å²) in [4.78, 5) is 19.8. The topological polar surface area (TPSA) is 78.4 Å². The molecular weight excluding hydrogens is 424 g/mol. The van der Waals surface area contributed by atoms with Gasteiger partial charge in [-0.1, -0.05) is 12.1 Å². The Labute approximate surface area is 157 Å². The molecule has 0 spiro atoms. The highest BCUT2D eigenvalue weighted by Gasteiger charge is 2.04. The third-order valence-electron chi connectivity index (χ3n) is 2.96. The van der Waals surface area contributed by atoms with E-state index in [1.54, 1.807) is 43.7 Å². The normalized spacial score (nSPS) is 10.5. The van der Waals surface area contributed by atoms with E-state index in [4.69, 9.17) is 0 Å². The highest BCUT2D eigenvalue weighted by Crippen LogP contribution is 2.02. The van der Waals surface area contributed by atoms with Crippen LogP contribution in [0.25, 0.3) is 0 Å². The summed E-state index contributed by atoms with van der Waals surface area (Å²) in [5.41, 5.74) is 1.54. The predicted molar refractivity (Wildman–Crippen MR) is 103 cm³/mol. The smallest absolute Gasteiger partial charge is 0.243 e. The van der Waals surface area contributed by atoms with E-state index < -0.39 is 0 Å². The maximum Gasteiger partial charge on any atom is 0.243 e. The number of hydrogen-bond donors (Lipinski definition) is 3. The Hall–Kier alpha value is -2.23. The Balaban J connectivity index is 0.00000288. The number of carbonyl (C=O) groups is 1. The summed E-state index contributed by atoms with van der Waals surface area (Å²) in [6.45, 7) is 0.544. The van der Waals surface area contributed by atoms with Crippen molar-refractivity contribution in [1.29, 1.82) is 0 Å². The van der Waals surface area contributed by atoms with Crippen molar-refractivity contribution in [3.63, 3.8) is 0 Å². The van der Waals surface area contributed by atoms with E-state index in [-0.39, 0.29) is 42.2 Å². The Kier molecular flexibility index (Phi) is 8.69. The zero-order chi connectivity index (χ0) is 16.5. The van der Waals surface area contributed by atoms with Gasteiger partial charge < -0.3 is 16.0 Å². The number of amides is 1. The molecular formula is C16H19FIN5O. The van der Waals surface area contributed by atoms with Crippen LogP contribution in [0.3, 0.4) is 0 Å². The number of anilines is 1. The molecule has 128 valence electrons. The minimum atomic E-state index is -0.275. The van der Waals surface area contributed by atoms with Gasteiger partial charge in [0.15, 0.2) is 5.96 Å². The van der Waals surface area contributed by atoms with Crippen molar-refractivity contribution in [2.24, 2.45) is 4.99 Å². The number of nitrogens with one attached hydrogen (secondary N) is 3. The van der Waals surface area contributed by atoms with Gasteiger partial charge in [0.1, 0.15) is 5.82 Å². The summed E-state index contributed by atoms with van der Waals surface area (Å²) >= 11 is 0. The second-order valence-corrected chi connectivity index (χ2v) is 4.70. The lowest BCUT2D eigenvalue weighted by molar-refractivity contribution is -0.115. The van der Waals surface area contributed by atoms with Crippen molar-refractivity contribution in [2.45, 2.75) is 6.54 Å². The standard InChI is InChI=1S/C16H18FN5O.HI/c1-18-16(20-9-12-4-6-13(17)7-5-12)21-11-15(23)22-14-3-2-8-19-10-14;/h2-8,10H,9,11H2,1H3,(H,22,23)(H2,18,20,21);1H. The second kappa shape index (κ2) is 10.5. The van der Waals surface area contributed by atoms with Gasteiger partial charge in [-0.2, -0.15) is 0 Å². The van der Waals surface area contributed by atoms with Crippen molar-refractivity contribution in [2.75, 3.05) is 18.9 Å². The summed E-state index contributed by atoms with van der Waals surface area (Å²) in [7, 11) is 1.61. The molecule has 0 radical (unpaired) electrons. The Bertz CT molecular complexity index is 664. The van der Waals surface area contributed by atoms with E-state index in [2.05, 4.69) is 25.9 Å². The molecule has 0 fully saturated rings. The lowest BCUT2D eigenvalue weighted by Crippen LogP contribution is -2.41. The van der Waals surface area contributed by atoms with Crippen molar-refractivity contribution >= 4 is 41.5 Å². The van der Waals surface area contributed by atoms with E-state index in [1.165, 1.54) is 12.1 Å². The van der Waals surface area contributed by atoms with Gasteiger partial charge in [-0.15, -0.1) is 24.0 Å². The fourth-order valence-electron chi connectivity index (χ4n) is 1.81. The molecule has 6 nitrogen and oxygen atoms in total. The molecule has 0 atom stereocenters. The molecule has 1 amide bonds. The molecule has 2 aromatic rings. The van der Waals surface area contributed by atoms with Crippen LogP contribution in [0.5, 0.6) is 0 Å². The van der Waals surface area contributed by atoms with E-state index in [9.17, 15) is 9.18 Å². The molecule has 0 saturated carbocycles. The number of benzene rings is 1. The molecule has 24 heavy (non-hydrogen) atoms. The molecule has 8 heteroatoms.